The number of carbonyl (C=O) groups excluding carboxylic acids is 1. The Labute approximate surface area is 126 Å². The number of hydrogen-bond donors (Lipinski definition) is 2. The summed E-state index contributed by atoms with van der Waals surface area (Å²) in [5.41, 5.74) is 6.98. The molecule has 2 unspecified atom stereocenters. The van der Waals surface area contributed by atoms with Gasteiger partial charge >= 0.3 is 0 Å². The zero-order valence-corrected chi connectivity index (χ0v) is 13.1. The summed E-state index contributed by atoms with van der Waals surface area (Å²) in [5.74, 6) is 2.02. The predicted molar refractivity (Wildman–Crippen MR) is 85.4 cm³/mol. The minimum atomic E-state index is 0.00489. The molecule has 0 bridgehead atoms. The second-order valence-electron chi connectivity index (χ2n) is 5.97. The van der Waals surface area contributed by atoms with Crippen LogP contribution in [-0.2, 0) is 4.79 Å². The number of nitrogen functional groups attached to an aromatic ring is 1. The molecule has 3 N–H and O–H groups in total. The number of nitrogens with one attached hydrogen (secondary N) is 1. The minimum absolute atomic E-state index is 0.00489. The van der Waals surface area contributed by atoms with Gasteiger partial charge in [-0.15, -0.1) is 0 Å². The summed E-state index contributed by atoms with van der Waals surface area (Å²) in [5, 5.41) is 2.89. The number of ether oxygens (including phenoxy) is 1. The van der Waals surface area contributed by atoms with Crippen molar-refractivity contribution < 1.29 is 9.53 Å². The van der Waals surface area contributed by atoms with E-state index in [9.17, 15) is 4.79 Å². The molecular formula is C16H25N3O2. The van der Waals surface area contributed by atoms with Gasteiger partial charge in [0.1, 0.15) is 5.75 Å². The number of anilines is 2. The smallest absolute Gasteiger partial charge is 0.225 e. The first kappa shape index (κ1) is 15.6. The SMILES string of the molecule is COc1cc(N)ccc1NC(=O)CCN1CC(C)C(C)C1. The van der Waals surface area contributed by atoms with E-state index in [0.29, 0.717) is 35.4 Å². The summed E-state index contributed by atoms with van der Waals surface area (Å²) in [6.07, 6.45) is 0.493. The molecule has 1 aromatic rings. The van der Waals surface area contributed by atoms with E-state index in [4.69, 9.17) is 10.5 Å². The number of hydrogen-bond acceptors (Lipinski definition) is 4. The van der Waals surface area contributed by atoms with Crippen LogP contribution < -0.4 is 15.8 Å². The quantitative estimate of drug-likeness (QED) is 0.816. The van der Waals surface area contributed by atoms with Crippen LogP contribution in [-0.4, -0.2) is 37.6 Å². The molecule has 1 amide bonds. The van der Waals surface area contributed by atoms with Gasteiger partial charge < -0.3 is 20.7 Å². The van der Waals surface area contributed by atoms with E-state index in [1.54, 1.807) is 25.3 Å². The van der Waals surface area contributed by atoms with Crippen molar-refractivity contribution in [1.82, 2.24) is 4.90 Å². The summed E-state index contributed by atoms with van der Waals surface area (Å²) in [4.78, 5) is 14.4. The van der Waals surface area contributed by atoms with Crippen LogP contribution in [0, 0.1) is 11.8 Å². The van der Waals surface area contributed by atoms with Crippen molar-refractivity contribution in [2.24, 2.45) is 11.8 Å². The molecule has 1 saturated heterocycles. The monoisotopic (exact) mass is 291 g/mol. The Morgan fingerprint density at radius 1 is 1.38 bits per heavy atom. The molecular weight excluding hydrogens is 266 g/mol. The maximum absolute atomic E-state index is 12.1. The third-order valence-electron chi connectivity index (χ3n) is 4.22. The lowest BCUT2D eigenvalue weighted by molar-refractivity contribution is -0.116. The van der Waals surface area contributed by atoms with E-state index in [0.717, 1.165) is 19.6 Å². The van der Waals surface area contributed by atoms with Crippen LogP contribution in [0.25, 0.3) is 0 Å². The highest BCUT2D eigenvalue weighted by atomic mass is 16.5. The molecule has 0 spiro atoms. The Balaban J connectivity index is 1.85. The van der Waals surface area contributed by atoms with Crippen LogP contribution in [0.5, 0.6) is 5.75 Å². The highest BCUT2D eigenvalue weighted by molar-refractivity contribution is 5.92. The Hall–Kier alpha value is -1.75. The van der Waals surface area contributed by atoms with E-state index in [-0.39, 0.29) is 5.91 Å². The topological polar surface area (TPSA) is 67.6 Å². The van der Waals surface area contributed by atoms with Gasteiger partial charge in [0, 0.05) is 37.8 Å². The highest BCUT2D eigenvalue weighted by Gasteiger charge is 2.25. The maximum atomic E-state index is 12.1. The summed E-state index contributed by atoms with van der Waals surface area (Å²) in [7, 11) is 1.57. The number of nitrogens with zero attached hydrogens (tertiary/aromatic N) is 1. The third-order valence-corrected chi connectivity index (χ3v) is 4.22. The number of amides is 1. The second kappa shape index (κ2) is 6.80. The van der Waals surface area contributed by atoms with Crippen molar-refractivity contribution in [3.8, 4) is 5.75 Å². The molecule has 2 atom stereocenters. The number of rotatable bonds is 5. The van der Waals surface area contributed by atoms with E-state index >= 15 is 0 Å². The van der Waals surface area contributed by atoms with Crippen LogP contribution in [0.2, 0.25) is 0 Å². The first-order valence-corrected chi connectivity index (χ1v) is 7.45. The molecule has 0 saturated carbocycles. The van der Waals surface area contributed by atoms with Gasteiger partial charge in [0.05, 0.1) is 12.8 Å². The zero-order valence-electron chi connectivity index (χ0n) is 13.1. The van der Waals surface area contributed by atoms with Crippen molar-refractivity contribution in [3.63, 3.8) is 0 Å². The van der Waals surface area contributed by atoms with Crippen LogP contribution in [0.4, 0.5) is 11.4 Å². The molecule has 1 heterocycles. The van der Waals surface area contributed by atoms with Gasteiger partial charge in [-0.05, 0) is 24.0 Å². The van der Waals surface area contributed by atoms with Crippen molar-refractivity contribution in [2.75, 3.05) is 37.8 Å². The number of methoxy groups -OCH3 is 1. The number of likely N-dealkylation sites (tertiary alicyclic amines) is 1. The Morgan fingerprint density at radius 3 is 2.67 bits per heavy atom. The van der Waals surface area contributed by atoms with Crippen molar-refractivity contribution in [1.29, 1.82) is 0 Å². The molecule has 1 fully saturated rings. The molecule has 0 radical (unpaired) electrons. The third kappa shape index (κ3) is 4.11. The lowest BCUT2D eigenvalue weighted by atomic mass is 10.0. The molecule has 5 heteroatoms. The molecule has 0 aliphatic carbocycles. The Morgan fingerprint density at radius 2 is 2.05 bits per heavy atom. The fraction of sp³-hybridized carbons (Fsp3) is 0.562. The molecule has 1 aromatic carbocycles. The van der Waals surface area contributed by atoms with Crippen molar-refractivity contribution >= 4 is 17.3 Å². The predicted octanol–water partition coefficient (Wildman–Crippen LogP) is 2.19. The Kier molecular flexibility index (Phi) is 5.07. The van der Waals surface area contributed by atoms with Gasteiger partial charge in [-0.25, -0.2) is 0 Å². The second-order valence-corrected chi connectivity index (χ2v) is 5.97. The van der Waals surface area contributed by atoms with Crippen LogP contribution in [0.1, 0.15) is 20.3 Å². The summed E-state index contributed by atoms with van der Waals surface area (Å²) >= 11 is 0. The first-order valence-electron chi connectivity index (χ1n) is 7.45. The van der Waals surface area contributed by atoms with Crippen LogP contribution in [0.15, 0.2) is 18.2 Å². The summed E-state index contributed by atoms with van der Waals surface area (Å²) in [6, 6.07) is 5.23. The average Bonchev–Trinajstić information content (AvgIpc) is 2.77. The standard InChI is InChI=1S/C16H25N3O2/c1-11-9-19(10-12(11)2)7-6-16(20)18-14-5-4-13(17)8-15(14)21-3/h4-5,8,11-12H,6-7,9-10,17H2,1-3H3,(H,18,20). The molecule has 21 heavy (non-hydrogen) atoms. The van der Waals surface area contributed by atoms with Crippen molar-refractivity contribution in [2.45, 2.75) is 20.3 Å². The van der Waals surface area contributed by atoms with E-state index in [1.807, 2.05) is 0 Å². The van der Waals surface area contributed by atoms with E-state index in [2.05, 4.69) is 24.1 Å². The number of benzene rings is 1. The van der Waals surface area contributed by atoms with Crippen LogP contribution in [0.3, 0.4) is 0 Å². The zero-order chi connectivity index (χ0) is 15.4. The van der Waals surface area contributed by atoms with Gasteiger partial charge in [-0.1, -0.05) is 13.8 Å². The van der Waals surface area contributed by atoms with Gasteiger partial charge in [0.2, 0.25) is 5.91 Å². The Bertz CT molecular complexity index is 494. The number of carbonyl (C=O) groups is 1. The summed E-state index contributed by atoms with van der Waals surface area (Å²) < 4.78 is 5.23. The lowest BCUT2D eigenvalue weighted by Gasteiger charge is -2.15. The average molecular weight is 291 g/mol. The molecule has 2 rings (SSSR count). The van der Waals surface area contributed by atoms with Crippen molar-refractivity contribution in [3.05, 3.63) is 18.2 Å². The molecule has 116 valence electrons. The summed E-state index contributed by atoms with van der Waals surface area (Å²) in [6.45, 7) is 7.50. The fourth-order valence-electron chi connectivity index (χ4n) is 2.71. The molecule has 5 nitrogen and oxygen atoms in total. The highest BCUT2D eigenvalue weighted by Crippen LogP contribution is 2.27. The van der Waals surface area contributed by atoms with Gasteiger partial charge in [0.15, 0.2) is 0 Å². The largest absolute Gasteiger partial charge is 0.494 e. The lowest BCUT2D eigenvalue weighted by Crippen LogP contribution is -2.26. The van der Waals surface area contributed by atoms with Gasteiger partial charge in [-0.3, -0.25) is 4.79 Å². The van der Waals surface area contributed by atoms with E-state index in [1.165, 1.54) is 0 Å². The number of nitrogens with two attached hydrogens (primary N) is 1. The fourth-order valence-corrected chi connectivity index (χ4v) is 2.71. The van der Waals surface area contributed by atoms with E-state index < -0.39 is 0 Å². The first-order chi connectivity index (χ1) is 9.99. The normalized spacial score (nSPS) is 22.2. The van der Waals surface area contributed by atoms with Gasteiger partial charge in [0.25, 0.3) is 0 Å². The molecule has 1 aliphatic heterocycles. The maximum Gasteiger partial charge on any atom is 0.225 e. The molecule has 1 aliphatic rings. The van der Waals surface area contributed by atoms with Gasteiger partial charge in [-0.2, -0.15) is 0 Å². The molecule has 0 aromatic heterocycles. The minimum Gasteiger partial charge on any atom is -0.494 e. The van der Waals surface area contributed by atoms with Crippen LogP contribution >= 0.6 is 0 Å².